The van der Waals surface area contributed by atoms with Crippen LogP contribution in [0.25, 0.3) is 0 Å². The molecule has 2 atom stereocenters. The fourth-order valence-electron chi connectivity index (χ4n) is 2.21. The van der Waals surface area contributed by atoms with Crippen LogP contribution in [-0.4, -0.2) is 151 Å². The highest BCUT2D eigenvalue weighted by molar-refractivity contribution is 4.92. The van der Waals surface area contributed by atoms with Crippen LogP contribution in [0.4, 0.5) is 193 Å². The van der Waals surface area contributed by atoms with Gasteiger partial charge in [-0.2, -0.15) is 158 Å². The fraction of sp³-hybridized carbons (Fsp3) is 1.00. The Hall–Kier alpha value is -3.44. The van der Waals surface area contributed by atoms with Gasteiger partial charge in [0.2, 0.25) is 0 Å². The molecule has 0 aromatic heterocycles. The van der Waals surface area contributed by atoms with Gasteiger partial charge in [-0.25, -0.2) is 13.9 Å². The number of rotatable bonds is 20. The van der Waals surface area contributed by atoms with Crippen molar-refractivity contribution in [3.8, 4) is 0 Å². The van der Waals surface area contributed by atoms with Gasteiger partial charge < -0.3 is 9.47 Å². The summed E-state index contributed by atoms with van der Waals surface area (Å²) in [5, 5.41) is 0. The quantitative estimate of drug-likeness (QED) is 0.0874. The third-order valence-electron chi connectivity index (χ3n) is 6.51. The minimum Gasteiger partial charge on any atom is -0.319 e. The lowest BCUT2D eigenvalue weighted by Crippen LogP contribution is -2.63. The average molecular weight is 1500 g/mol. The van der Waals surface area contributed by atoms with Crippen molar-refractivity contribution in [3.63, 3.8) is 0 Å². The number of methoxy groups -OCH3 is 3. The van der Waals surface area contributed by atoms with Gasteiger partial charge in [0.15, 0.2) is 0 Å². The number of alkyl halides is 42. The van der Waals surface area contributed by atoms with E-state index in [1.807, 2.05) is 0 Å². The Kier molecular flexibility index (Phi) is 57.8. The van der Waals surface area contributed by atoms with Gasteiger partial charge in [-0.3, -0.25) is 18.6 Å². The second kappa shape index (κ2) is 42.2. The molecule has 0 saturated carbocycles. The van der Waals surface area contributed by atoms with Crippen molar-refractivity contribution in [3.05, 3.63) is 0 Å². The minimum absolute atomic E-state index is 0. The van der Waals surface area contributed by atoms with Gasteiger partial charge in [0.1, 0.15) is 13.0 Å². The lowest BCUT2D eigenvalue weighted by atomic mass is 10.1. The first-order valence-electron chi connectivity index (χ1n) is 18.0. The monoisotopic (exact) mass is 1500 g/mol. The summed E-state index contributed by atoms with van der Waals surface area (Å²) in [6.45, 7) is -3.41. The lowest BCUT2D eigenvalue weighted by molar-refractivity contribution is -0.555. The Labute approximate surface area is 487 Å². The molecule has 0 aliphatic heterocycles. The van der Waals surface area contributed by atoms with Crippen molar-refractivity contribution >= 4 is 0 Å². The maximum atomic E-state index is 13.2. The summed E-state index contributed by atoms with van der Waals surface area (Å²) in [7, 11) is 1.25. The van der Waals surface area contributed by atoms with E-state index in [2.05, 4.69) is 28.4 Å². The molecule has 0 aliphatic carbocycles. The smallest absolute Gasteiger partial charge is 0.319 e. The van der Waals surface area contributed by atoms with Crippen molar-refractivity contribution in [2.24, 2.45) is 0 Å². The zero-order valence-electron chi connectivity index (χ0n) is 39.9. The van der Waals surface area contributed by atoms with E-state index in [1.54, 1.807) is 9.68 Å². The molecule has 0 amide bonds. The Morgan fingerprint density at radius 3 is 0.769 bits per heavy atom. The van der Waals surface area contributed by atoms with Crippen molar-refractivity contribution in [1.29, 1.82) is 0 Å². The predicted molar refractivity (Wildman–Crippen MR) is 225 cm³/mol. The molecule has 0 radical (unpaired) electrons. The van der Waals surface area contributed by atoms with E-state index in [0.29, 0.717) is 14.3 Å². The fourth-order valence-corrected chi connectivity index (χ4v) is 2.21. The van der Waals surface area contributed by atoms with Crippen molar-refractivity contribution < 1.29 is 236 Å². The van der Waals surface area contributed by atoms with Crippen LogP contribution in [0.2, 0.25) is 0 Å². The highest BCUT2D eigenvalue weighted by Crippen LogP contribution is 2.53. The largest absolute Gasteiger partial charge is 0.490 e. The maximum Gasteiger partial charge on any atom is 0.490 e. The zero-order valence-corrected chi connectivity index (χ0v) is 39.9. The summed E-state index contributed by atoms with van der Waals surface area (Å²) in [5.74, 6) is -22.3. The summed E-state index contributed by atoms with van der Waals surface area (Å²) in [5.41, 5.74) is -5.28. The van der Waals surface area contributed by atoms with Gasteiger partial charge in [-0.05, 0) is 16.0 Å². The standard InChI is InChI=1S/C7H2F14O3.C6H6F8O2.C5H6F6O2.C5H6F6O.C3H2F6O.C3H5F3.CH3F.8CH4/c8-2(9,10)1-22-5(15,16)3(11,4(12,13)14)23-6(17,18)7(19,20)24-21;1-3(7,4(8,9)10)5(11,12)16-6(13,14)15-2;1-3(6,7)4(8,9)13-5(10,11)12-2;1-3(6,7)4(8,9)5(10,11)12-2;4-2(5,6)1-3(7,8)10-9;1-2-3(4,5)6;1-2;;;;;;;;/h1H2;1-2H3;1-2H3;1-2H3;1H2;2H2,1H3;1H3;8*1H4. The van der Waals surface area contributed by atoms with Crippen molar-refractivity contribution in [2.45, 2.75) is 215 Å². The SMILES string of the molecule is C.C.C.C.C.C.C.C.CCC(F)(F)F.CF.COC(F)(F)C(F)(F)C(C)(F)F.COC(F)(F)OC(F)(F)C(C)(F)C(F)(F)F.COC(F)(F)OC(F)(F)C(C)(F)F.FOC(F)(F)C(F)(F)OC(F)(C(F)(F)F)C(F)(F)OCC(F)(F)F.FOC(F)(F)CC(F)(F)F. The van der Waals surface area contributed by atoms with E-state index >= 15 is 0 Å². The molecular weight excluding hydrogens is 1440 g/mol. The molecule has 0 heterocycles. The van der Waals surface area contributed by atoms with E-state index in [0.717, 1.165) is 6.92 Å². The second-order valence-electron chi connectivity index (χ2n) is 13.3. The van der Waals surface area contributed by atoms with Crippen LogP contribution in [0.15, 0.2) is 0 Å². The molecule has 9 nitrogen and oxygen atoms in total. The summed E-state index contributed by atoms with van der Waals surface area (Å²) in [6, 6.07) is 0. The third-order valence-corrected chi connectivity index (χ3v) is 6.51. The zero-order chi connectivity index (χ0) is 70.0. The van der Waals surface area contributed by atoms with Gasteiger partial charge in [-0.15, -0.1) is 27.4 Å². The van der Waals surface area contributed by atoms with Crippen molar-refractivity contribution in [2.75, 3.05) is 35.1 Å². The van der Waals surface area contributed by atoms with E-state index in [4.69, 9.17) is 0 Å². The Morgan fingerprint density at radius 2 is 0.604 bits per heavy atom. The predicted octanol–water partition coefficient (Wildman–Crippen LogP) is 22.6. The summed E-state index contributed by atoms with van der Waals surface area (Å²) in [6.07, 6.45) is -83.1. The molecule has 0 spiro atoms. The molecule has 53 heteroatoms. The molecule has 0 aromatic carbocycles. The first-order valence-corrected chi connectivity index (χ1v) is 18.0. The van der Waals surface area contributed by atoms with Gasteiger partial charge in [0, 0.05) is 41.6 Å². The second-order valence-corrected chi connectivity index (χ2v) is 13.3. The van der Waals surface area contributed by atoms with Crippen molar-refractivity contribution in [1.82, 2.24) is 0 Å². The van der Waals surface area contributed by atoms with E-state index in [9.17, 15) is 193 Å². The highest BCUT2D eigenvalue weighted by atomic mass is 19.4. The first kappa shape index (κ1) is 125. The molecule has 2 unspecified atom stereocenters. The molecule has 0 saturated heterocycles. The molecule has 0 rings (SSSR count). The van der Waals surface area contributed by atoms with E-state index < -0.39 is 142 Å². The van der Waals surface area contributed by atoms with E-state index in [1.165, 1.54) is 4.94 Å². The molecule has 0 bridgehead atoms. The van der Waals surface area contributed by atoms with Gasteiger partial charge >= 0.3 is 110 Å². The maximum absolute atomic E-state index is 13.2. The number of hydrogen-bond donors (Lipinski definition) is 0. The molecule has 576 valence electrons. The number of ether oxygens (including phenoxy) is 7. The third kappa shape index (κ3) is 44.8. The number of halogens is 44. The average Bonchev–Trinajstić information content (AvgIpc) is 3.23. The van der Waals surface area contributed by atoms with Crippen LogP contribution in [0.3, 0.4) is 0 Å². The van der Waals surface area contributed by atoms with Gasteiger partial charge in [0.05, 0.1) is 7.18 Å². The summed E-state index contributed by atoms with van der Waals surface area (Å²) < 4.78 is 538. The normalized spacial score (nSPS) is 14.4. The Balaban J connectivity index is -0.0000000595. The lowest BCUT2D eigenvalue weighted by Gasteiger charge is -2.36. The van der Waals surface area contributed by atoms with Crippen LogP contribution in [0.5, 0.6) is 0 Å². The number of hydrogen-bond acceptors (Lipinski definition) is 9. The van der Waals surface area contributed by atoms with Crippen LogP contribution >= 0.6 is 0 Å². The first-order chi connectivity index (χ1) is 35.4. The van der Waals surface area contributed by atoms with Crippen LogP contribution < -0.4 is 0 Å². The van der Waals surface area contributed by atoms with Crippen LogP contribution in [-0.2, 0) is 43.0 Å². The molecule has 0 N–H and O–H groups in total. The van der Waals surface area contributed by atoms with Crippen LogP contribution in [0, 0.1) is 0 Å². The Bertz CT molecular complexity index is 1770. The topological polar surface area (TPSA) is 83.1 Å². The van der Waals surface area contributed by atoms with E-state index in [-0.39, 0.29) is 87.5 Å². The Morgan fingerprint density at radius 1 is 0.308 bits per heavy atom. The molecule has 91 heavy (non-hydrogen) atoms. The summed E-state index contributed by atoms with van der Waals surface area (Å²) in [4.78, 5) is 2.94. The van der Waals surface area contributed by atoms with Gasteiger partial charge in [0.25, 0.3) is 5.67 Å². The van der Waals surface area contributed by atoms with Crippen LogP contribution in [0.1, 0.15) is 99.9 Å². The molecule has 0 fully saturated rings. The molecule has 0 aromatic rings. The molecular formula is C38H62F44O9. The highest BCUT2D eigenvalue weighted by Gasteiger charge is 2.81. The summed E-state index contributed by atoms with van der Waals surface area (Å²) >= 11 is 0. The molecule has 0 aliphatic rings. The van der Waals surface area contributed by atoms with Gasteiger partial charge in [-0.1, -0.05) is 66.3 Å². The minimum atomic E-state index is -7.34.